The molecule has 0 aromatic carbocycles. The summed E-state index contributed by atoms with van der Waals surface area (Å²) in [5, 5.41) is 16.9. The highest BCUT2D eigenvalue weighted by Crippen LogP contribution is 2.37. The predicted octanol–water partition coefficient (Wildman–Crippen LogP) is 1.38. The van der Waals surface area contributed by atoms with Crippen molar-refractivity contribution < 1.29 is 9.90 Å². The van der Waals surface area contributed by atoms with Crippen molar-refractivity contribution in [2.45, 2.75) is 37.8 Å². The molecule has 0 spiro atoms. The van der Waals surface area contributed by atoms with Gasteiger partial charge in [0.05, 0.1) is 18.3 Å². The van der Waals surface area contributed by atoms with Crippen LogP contribution < -0.4 is 5.32 Å². The lowest BCUT2D eigenvalue weighted by molar-refractivity contribution is -0.123. The van der Waals surface area contributed by atoms with Crippen molar-refractivity contribution in [2.75, 3.05) is 0 Å². The molecule has 0 radical (unpaired) electrons. The summed E-state index contributed by atoms with van der Waals surface area (Å²) in [5.41, 5.74) is 2.05. The fourth-order valence-corrected chi connectivity index (χ4v) is 3.03. The first kappa shape index (κ1) is 15.7. The topological polar surface area (TPSA) is 80.0 Å². The van der Waals surface area contributed by atoms with E-state index in [1.165, 1.54) is 0 Å². The van der Waals surface area contributed by atoms with Crippen molar-refractivity contribution in [1.29, 1.82) is 0 Å². The number of aliphatic hydroxyl groups excluding tert-OH is 1. The molecule has 2 heterocycles. The molecule has 122 valence electrons. The van der Waals surface area contributed by atoms with Crippen LogP contribution in [0.4, 0.5) is 0 Å². The van der Waals surface area contributed by atoms with Crippen molar-refractivity contribution in [3.8, 4) is 0 Å². The van der Waals surface area contributed by atoms with E-state index in [0.29, 0.717) is 12.8 Å². The third kappa shape index (κ3) is 3.96. The molecule has 23 heavy (non-hydrogen) atoms. The van der Waals surface area contributed by atoms with Crippen molar-refractivity contribution >= 4 is 5.91 Å². The van der Waals surface area contributed by atoms with Gasteiger partial charge in [0.2, 0.25) is 5.91 Å². The van der Waals surface area contributed by atoms with E-state index in [-0.39, 0.29) is 24.0 Å². The largest absolute Gasteiger partial charge is 0.393 e. The van der Waals surface area contributed by atoms with Gasteiger partial charge in [-0.2, -0.15) is 5.10 Å². The minimum absolute atomic E-state index is 0.0177. The van der Waals surface area contributed by atoms with Gasteiger partial charge in [0.25, 0.3) is 0 Å². The van der Waals surface area contributed by atoms with Crippen LogP contribution in [0.15, 0.2) is 36.9 Å². The predicted molar refractivity (Wildman–Crippen MR) is 85.4 cm³/mol. The average Bonchev–Trinajstić information content (AvgIpc) is 2.95. The Balaban J connectivity index is 1.60. The van der Waals surface area contributed by atoms with Gasteiger partial charge in [-0.05, 0) is 36.8 Å². The van der Waals surface area contributed by atoms with E-state index in [0.717, 1.165) is 24.0 Å². The molecule has 0 saturated heterocycles. The highest BCUT2D eigenvalue weighted by molar-refractivity contribution is 5.76. The summed E-state index contributed by atoms with van der Waals surface area (Å²) in [6.45, 7) is 0. The van der Waals surface area contributed by atoms with Crippen LogP contribution in [0.25, 0.3) is 0 Å². The van der Waals surface area contributed by atoms with E-state index in [4.69, 9.17) is 0 Å². The molecule has 1 aliphatic carbocycles. The van der Waals surface area contributed by atoms with Crippen LogP contribution >= 0.6 is 0 Å². The molecule has 1 fully saturated rings. The molecular weight excluding hydrogens is 292 g/mol. The summed E-state index contributed by atoms with van der Waals surface area (Å²) >= 11 is 0. The first-order chi connectivity index (χ1) is 11.1. The van der Waals surface area contributed by atoms with E-state index in [1.807, 2.05) is 25.4 Å². The Hall–Kier alpha value is -2.21. The minimum atomic E-state index is -0.244. The van der Waals surface area contributed by atoms with E-state index in [1.54, 1.807) is 23.3 Å². The molecule has 6 heteroatoms. The maximum atomic E-state index is 12.3. The van der Waals surface area contributed by atoms with Crippen LogP contribution in [-0.4, -0.2) is 31.9 Å². The minimum Gasteiger partial charge on any atom is -0.393 e. The zero-order valence-electron chi connectivity index (χ0n) is 13.2. The number of pyridine rings is 1. The van der Waals surface area contributed by atoms with Gasteiger partial charge < -0.3 is 10.4 Å². The Morgan fingerprint density at radius 1 is 1.48 bits per heavy atom. The molecule has 2 aromatic rings. The maximum absolute atomic E-state index is 12.3. The molecule has 3 rings (SSSR count). The molecule has 1 aliphatic rings. The zero-order chi connectivity index (χ0) is 16.2. The van der Waals surface area contributed by atoms with Gasteiger partial charge in [0, 0.05) is 37.6 Å². The fourth-order valence-electron chi connectivity index (χ4n) is 3.03. The smallest absolute Gasteiger partial charge is 0.220 e. The van der Waals surface area contributed by atoms with Gasteiger partial charge in [-0.1, -0.05) is 6.07 Å². The number of aryl methyl sites for hydroxylation is 2. The molecule has 1 saturated carbocycles. The number of hydrogen-bond donors (Lipinski definition) is 2. The van der Waals surface area contributed by atoms with Gasteiger partial charge in [0.1, 0.15) is 0 Å². The number of amides is 1. The lowest BCUT2D eigenvalue weighted by Gasteiger charge is -2.37. The lowest BCUT2D eigenvalue weighted by atomic mass is 9.75. The number of nitrogens with zero attached hydrogens (tertiary/aromatic N) is 3. The monoisotopic (exact) mass is 314 g/mol. The third-order valence-electron chi connectivity index (χ3n) is 4.39. The molecule has 1 amide bonds. The summed E-state index contributed by atoms with van der Waals surface area (Å²) in [4.78, 5) is 16.4. The summed E-state index contributed by atoms with van der Waals surface area (Å²) in [6, 6.07) is 3.77. The third-order valence-corrected chi connectivity index (χ3v) is 4.39. The van der Waals surface area contributed by atoms with Crippen LogP contribution in [0.5, 0.6) is 0 Å². The Bertz CT molecular complexity index is 650. The number of aromatic nitrogens is 3. The molecule has 2 N–H and O–H groups in total. The summed E-state index contributed by atoms with van der Waals surface area (Å²) in [7, 11) is 1.86. The first-order valence-corrected chi connectivity index (χ1v) is 7.96. The van der Waals surface area contributed by atoms with Crippen LogP contribution in [0.3, 0.4) is 0 Å². The SMILES string of the molecule is Cn1cc(C(NC(=O)CCc2cccnc2)C2CC(O)C2)cn1. The quantitative estimate of drug-likeness (QED) is 0.844. The molecule has 6 nitrogen and oxygen atoms in total. The van der Waals surface area contributed by atoms with Crippen LogP contribution in [0, 0.1) is 5.92 Å². The van der Waals surface area contributed by atoms with Gasteiger partial charge in [0.15, 0.2) is 0 Å². The number of carbonyl (C=O) groups excluding carboxylic acids is 1. The number of carbonyl (C=O) groups is 1. The normalized spacial score (nSPS) is 21.5. The Morgan fingerprint density at radius 2 is 2.30 bits per heavy atom. The van der Waals surface area contributed by atoms with Crippen molar-refractivity contribution in [3.05, 3.63) is 48.0 Å². The Labute approximate surface area is 135 Å². The lowest BCUT2D eigenvalue weighted by Crippen LogP contribution is -2.41. The second-order valence-electron chi connectivity index (χ2n) is 6.24. The van der Waals surface area contributed by atoms with Gasteiger partial charge >= 0.3 is 0 Å². The standard InChI is InChI=1S/C17H22N4O2/c1-21-11-14(10-19-21)17(13-7-15(22)8-13)20-16(23)5-4-12-3-2-6-18-9-12/h2-3,6,9-11,13,15,17,22H,4-5,7-8H2,1H3,(H,20,23). The Morgan fingerprint density at radius 3 is 2.91 bits per heavy atom. The highest BCUT2D eigenvalue weighted by Gasteiger charge is 2.36. The summed E-state index contributed by atoms with van der Waals surface area (Å²) < 4.78 is 1.74. The van der Waals surface area contributed by atoms with E-state index in [9.17, 15) is 9.90 Å². The van der Waals surface area contributed by atoms with E-state index in [2.05, 4.69) is 15.4 Å². The number of rotatable bonds is 6. The van der Waals surface area contributed by atoms with Crippen LogP contribution in [0.2, 0.25) is 0 Å². The number of hydrogen-bond acceptors (Lipinski definition) is 4. The second-order valence-corrected chi connectivity index (χ2v) is 6.24. The maximum Gasteiger partial charge on any atom is 0.220 e. The molecule has 2 aromatic heterocycles. The van der Waals surface area contributed by atoms with Crippen LogP contribution in [-0.2, 0) is 18.3 Å². The molecule has 1 atom stereocenters. The average molecular weight is 314 g/mol. The van der Waals surface area contributed by atoms with Gasteiger partial charge in [-0.25, -0.2) is 0 Å². The first-order valence-electron chi connectivity index (χ1n) is 7.96. The van der Waals surface area contributed by atoms with E-state index >= 15 is 0 Å². The van der Waals surface area contributed by atoms with Crippen molar-refractivity contribution in [2.24, 2.45) is 13.0 Å². The van der Waals surface area contributed by atoms with Gasteiger partial charge in [-0.3, -0.25) is 14.5 Å². The Kier molecular flexibility index (Phi) is 4.71. The summed E-state index contributed by atoms with van der Waals surface area (Å²) in [5.74, 6) is 0.292. The second kappa shape index (κ2) is 6.91. The molecule has 0 aliphatic heterocycles. The van der Waals surface area contributed by atoms with E-state index < -0.39 is 0 Å². The molecule has 1 unspecified atom stereocenters. The molecular formula is C17H22N4O2. The molecule has 0 bridgehead atoms. The number of nitrogens with one attached hydrogen (secondary N) is 1. The van der Waals surface area contributed by atoms with Crippen molar-refractivity contribution in [3.63, 3.8) is 0 Å². The summed E-state index contributed by atoms with van der Waals surface area (Å²) in [6.07, 6.45) is 9.53. The number of aliphatic hydroxyl groups is 1. The van der Waals surface area contributed by atoms with Crippen LogP contribution in [0.1, 0.15) is 36.4 Å². The van der Waals surface area contributed by atoms with Crippen molar-refractivity contribution in [1.82, 2.24) is 20.1 Å². The zero-order valence-corrected chi connectivity index (χ0v) is 13.2. The highest BCUT2D eigenvalue weighted by atomic mass is 16.3. The fraction of sp³-hybridized carbons (Fsp3) is 0.471. The van der Waals surface area contributed by atoms with Gasteiger partial charge in [-0.15, -0.1) is 0 Å².